The average molecular weight is 269 g/mol. The Labute approximate surface area is 112 Å². The smallest absolute Gasteiger partial charge is 0.313 e. The summed E-state index contributed by atoms with van der Waals surface area (Å²) in [7, 11) is 0. The molecule has 0 heterocycles. The molecule has 1 rings (SSSR count). The van der Waals surface area contributed by atoms with Crippen LogP contribution in [0.1, 0.15) is 25.8 Å². The summed E-state index contributed by atoms with van der Waals surface area (Å²) >= 11 is 5.93. The Bertz CT molecular complexity index is 460. The second kappa shape index (κ2) is 6.40. The first-order valence-electron chi connectivity index (χ1n) is 5.82. The number of nitrogens with one attached hydrogen (secondary N) is 2. The largest absolute Gasteiger partial charge is 0.345 e. The first-order valence-corrected chi connectivity index (χ1v) is 6.20. The molecule has 0 aliphatic rings. The Morgan fingerprint density at radius 2 is 2.00 bits per heavy atom. The summed E-state index contributed by atoms with van der Waals surface area (Å²) in [5, 5.41) is 5.70. The van der Waals surface area contributed by atoms with Gasteiger partial charge < -0.3 is 10.6 Å². The zero-order chi connectivity index (χ0) is 13.7. The van der Waals surface area contributed by atoms with Gasteiger partial charge in [0.05, 0.1) is 0 Å². The van der Waals surface area contributed by atoms with E-state index in [1.807, 2.05) is 13.8 Å². The van der Waals surface area contributed by atoms with Crippen molar-refractivity contribution in [1.29, 1.82) is 0 Å². The van der Waals surface area contributed by atoms with Gasteiger partial charge in [0.25, 0.3) is 0 Å². The zero-order valence-corrected chi connectivity index (χ0v) is 11.5. The van der Waals surface area contributed by atoms with Crippen LogP contribution in [0.25, 0.3) is 0 Å². The van der Waals surface area contributed by atoms with E-state index in [9.17, 15) is 9.59 Å². The normalized spacial score (nSPS) is 11.8. The van der Waals surface area contributed by atoms with E-state index < -0.39 is 11.8 Å². The highest BCUT2D eigenvalue weighted by Crippen LogP contribution is 2.22. The van der Waals surface area contributed by atoms with Crippen molar-refractivity contribution in [3.8, 4) is 0 Å². The molecule has 0 aromatic heterocycles. The molecule has 1 atom stereocenters. The Morgan fingerprint density at radius 1 is 1.33 bits per heavy atom. The van der Waals surface area contributed by atoms with Crippen LogP contribution in [0.3, 0.4) is 0 Å². The highest BCUT2D eigenvalue weighted by Gasteiger charge is 2.16. The van der Waals surface area contributed by atoms with Crippen molar-refractivity contribution in [2.75, 3.05) is 5.32 Å². The van der Waals surface area contributed by atoms with Gasteiger partial charge in [-0.15, -0.1) is 0 Å². The van der Waals surface area contributed by atoms with Crippen LogP contribution in [0.15, 0.2) is 18.2 Å². The van der Waals surface area contributed by atoms with Gasteiger partial charge in [0.1, 0.15) is 0 Å². The minimum atomic E-state index is -0.680. The number of carbonyl (C=O) groups excluding carboxylic acids is 2. The number of amides is 2. The van der Waals surface area contributed by atoms with E-state index in [2.05, 4.69) is 10.6 Å². The molecule has 0 saturated carbocycles. The molecular formula is C13H17ClN2O2. The fourth-order valence-corrected chi connectivity index (χ4v) is 1.49. The first kappa shape index (κ1) is 14.5. The minimum Gasteiger partial charge on any atom is -0.345 e. The Hall–Kier alpha value is -1.55. The molecule has 0 unspecified atom stereocenters. The fraction of sp³-hybridized carbons (Fsp3) is 0.385. The number of anilines is 1. The molecule has 4 nitrogen and oxygen atoms in total. The van der Waals surface area contributed by atoms with Crippen LogP contribution in [0.2, 0.25) is 5.02 Å². The van der Waals surface area contributed by atoms with Gasteiger partial charge in [0.15, 0.2) is 0 Å². The molecule has 2 N–H and O–H groups in total. The number of halogens is 1. The molecule has 0 bridgehead atoms. The zero-order valence-electron chi connectivity index (χ0n) is 10.7. The number of rotatable bonds is 3. The van der Waals surface area contributed by atoms with Crippen molar-refractivity contribution in [2.24, 2.45) is 0 Å². The van der Waals surface area contributed by atoms with E-state index >= 15 is 0 Å². The predicted octanol–water partition coefficient (Wildman–Crippen LogP) is 2.50. The Morgan fingerprint density at radius 3 is 2.61 bits per heavy atom. The monoisotopic (exact) mass is 268 g/mol. The Balaban J connectivity index is 2.70. The summed E-state index contributed by atoms with van der Waals surface area (Å²) < 4.78 is 0. The molecule has 1 aromatic carbocycles. The van der Waals surface area contributed by atoms with Gasteiger partial charge in [-0.25, -0.2) is 0 Å². The minimum absolute atomic E-state index is 0.0243. The van der Waals surface area contributed by atoms with Gasteiger partial charge in [0, 0.05) is 16.8 Å². The van der Waals surface area contributed by atoms with Crippen molar-refractivity contribution in [1.82, 2.24) is 5.32 Å². The molecule has 0 spiro atoms. The molecule has 18 heavy (non-hydrogen) atoms. The number of hydrogen-bond acceptors (Lipinski definition) is 2. The quantitative estimate of drug-likeness (QED) is 0.828. The third-order valence-corrected chi connectivity index (χ3v) is 3.12. The van der Waals surface area contributed by atoms with Crippen molar-refractivity contribution in [3.05, 3.63) is 28.8 Å². The molecule has 0 radical (unpaired) electrons. The number of hydrogen-bond donors (Lipinski definition) is 2. The molecule has 5 heteroatoms. The summed E-state index contributed by atoms with van der Waals surface area (Å²) in [4.78, 5) is 23.2. The number of carbonyl (C=O) groups is 2. The van der Waals surface area contributed by atoms with E-state index in [0.29, 0.717) is 10.7 Å². The predicted molar refractivity (Wildman–Crippen MR) is 72.7 cm³/mol. The molecule has 0 saturated heterocycles. The lowest BCUT2D eigenvalue weighted by atomic mass is 10.2. The molecule has 98 valence electrons. The van der Waals surface area contributed by atoms with E-state index in [-0.39, 0.29) is 6.04 Å². The van der Waals surface area contributed by atoms with Gasteiger partial charge in [-0.05, 0) is 38.0 Å². The fourth-order valence-electron chi connectivity index (χ4n) is 1.31. The van der Waals surface area contributed by atoms with E-state index in [4.69, 9.17) is 11.6 Å². The van der Waals surface area contributed by atoms with E-state index in [1.54, 1.807) is 25.1 Å². The lowest BCUT2D eigenvalue weighted by molar-refractivity contribution is -0.136. The van der Waals surface area contributed by atoms with Gasteiger partial charge in [0.2, 0.25) is 0 Å². The molecular weight excluding hydrogens is 252 g/mol. The maximum Gasteiger partial charge on any atom is 0.313 e. The molecule has 0 fully saturated rings. The van der Waals surface area contributed by atoms with Gasteiger partial charge in [-0.1, -0.05) is 24.6 Å². The van der Waals surface area contributed by atoms with Crippen molar-refractivity contribution in [2.45, 2.75) is 33.2 Å². The standard InChI is InChI=1S/C13H17ClN2O2/c1-4-8(2)15-12(17)13(18)16-11-7-5-6-10(14)9(11)3/h5-8H,4H2,1-3H3,(H,15,17)(H,16,18)/t8-/m1/s1. The summed E-state index contributed by atoms with van der Waals surface area (Å²) in [6, 6.07) is 5.13. The van der Waals surface area contributed by atoms with Crippen LogP contribution < -0.4 is 10.6 Å². The highest BCUT2D eigenvalue weighted by atomic mass is 35.5. The average Bonchev–Trinajstić information content (AvgIpc) is 2.34. The molecule has 2 amide bonds. The molecule has 1 aromatic rings. The van der Waals surface area contributed by atoms with Crippen LogP contribution in [-0.4, -0.2) is 17.9 Å². The lowest BCUT2D eigenvalue weighted by Crippen LogP contribution is -2.40. The van der Waals surface area contributed by atoms with Gasteiger partial charge >= 0.3 is 11.8 Å². The second-order valence-electron chi connectivity index (χ2n) is 4.15. The van der Waals surface area contributed by atoms with Crippen LogP contribution >= 0.6 is 11.6 Å². The van der Waals surface area contributed by atoms with Crippen LogP contribution in [0.5, 0.6) is 0 Å². The van der Waals surface area contributed by atoms with Crippen LogP contribution in [0, 0.1) is 6.92 Å². The summed E-state index contributed by atoms with van der Waals surface area (Å²) in [5.74, 6) is -1.32. The SMILES string of the molecule is CC[C@@H](C)NC(=O)C(=O)Nc1cccc(Cl)c1C. The van der Waals surface area contributed by atoms with Crippen molar-refractivity contribution < 1.29 is 9.59 Å². The second-order valence-corrected chi connectivity index (χ2v) is 4.56. The van der Waals surface area contributed by atoms with E-state index in [1.165, 1.54) is 0 Å². The summed E-state index contributed by atoms with van der Waals surface area (Å²) in [5.41, 5.74) is 1.29. The third kappa shape index (κ3) is 3.74. The topological polar surface area (TPSA) is 58.2 Å². The number of benzene rings is 1. The third-order valence-electron chi connectivity index (χ3n) is 2.71. The van der Waals surface area contributed by atoms with Crippen LogP contribution in [0.4, 0.5) is 5.69 Å². The van der Waals surface area contributed by atoms with Gasteiger partial charge in [-0.3, -0.25) is 9.59 Å². The lowest BCUT2D eigenvalue weighted by Gasteiger charge is -2.12. The molecule has 0 aliphatic heterocycles. The molecule has 0 aliphatic carbocycles. The van der Waals surface area contributed by atoms with Crippen LogP contribution in [-0.2, 0) is 9.59 Å². The maximum absolute atomic E-state index is 11.7. The first-order chi connectivity index (χ1) is 8.45. The van der Waals surface area contributed by atoms with Crippen molar-refractivity contribution >= 4 is 29.1 Å². The van der Waals surface area contributed by atoms with Crippen molar-refractivity contribution in [3.63, 3.8) is 0 Å². The summed E-state index contributed by atoms with van der Waals surface area (Å²) in [6.45, 7) is 5.56. The van der Waals surface area contributed by atoms with E-state index in [0.717, 1.165) is 12.0 Å². The Kier molecular flexibility index (Phi) is 5.16. The highest BCUT2D eigenvalue weighted by molar-refractivity contribution is 6.40. The van der Waals surface area contributed by atoms with Gasteiger partial charge in [-0.2, -0.15) is 0 Å². The maximum atomic E-state index is 11.7. The summed E-state index contributed by atoms with van der Waals surface area (Å²) in [6.07, 6.45) is 0.773.